The molecule has 0 spiro atoms. The van der Waals surface area contributed by atoms with Crippen molar-refractivity contribution in [1.29, 1.82) is 0 Å². The van der Waals surface area contributed by atoms with Crippen molar-refractivity contribution in [2.45, 2.75) is 6.54 Å². The van der Waals surface area contributed by atoms with E-state index in [1.807, 2.05) is 36.4 Å². The van der Waals surface area contributed by atoms with Crippen LogP contribution in [0, 0.1) is 0 Å². The third kappa shape index (κ3) is 3.67. The van der Waals surface area contributed by atoms with Gasteiger partial charge in [0.25, 0.3) is 5.56 Å². The Morgan fingerprint density at radius 3 is 2.44 bits per heavy atom. The van der Waals surface area contributed by atoms with E-state index in [1.165, 1.54) is 6.20 Å². The van der Waals surface area contributed by atoms with Gasteiger partial charge >= 0.3 is 0 Å². The summed E-state index contributed by atoms with van der Waals surface area (Å²) in [5.41, 5.74) is 1.60. The second-order valence-electron chi connectivity index (χ2n) is 5.39. The van der Waals surface area contributed by atoms with Crippen molar-refractivity contribution in [3.63, 3.8) is 0 Å². The zero-order valence-corrected chi connectivity index (χ0v) is 14.7. The van der Waals surface area contributed by atoms with E-state index < -0.39 is 0 Å². The number of hydrogen-bond acceptors (Lipinski definition) is 4. The molecule has 0 aliphatic heterocycles. The van der Waals surface area contributed by atoms with Crippen LogP contribution in [0.3, 0.4) is 0 Å². The Labute approximate surface area is 150 Å². The van der Waals surface area contributed by atoms with Crippen LogP contribution >= 0.6 is 11.6 Å². The van der Waals surface area contributed by atoms with Crippen LogP contribution in [0.25, 0.3) is 11.3 Å². The van der Waals surface area contributed by atoms with Crippen LogP contribution < -0.4 is 15.0 Å². The van der Waals surface area contributed by atoms with E-state index >= 15 is 0 Å². The first kappa shape index (κ1) is 17.0. The molecule has 0 amide bonds. The Balaban J connectivity index is 2.04. The highest BCUT2D eigenvalue weighted by Crippen LogP contribution is 2.26. The summed E-state index contributed by atoms with van der Waals surface area (Å²) in [7, 11) is 3.17. The van der Waals surface area contributed by atoms with Gasteiger partial charge in [-0.3, -0.25) is 4.79 Å². The number of halogens is 1. The second kappa shape index (κ2) is 7.40. The van der Waals surface area contributed by atoms with E-state index in [2.05, 4.69) is 4.98 Å². The Kier molecular flexibility index (Phi) is 5.05. The van der Waals surface area contributed by atoms with Crippen LogP contribution in [0.5, 0.6) is 11.5 Å². The van der Waals surface area contributed by atoms with Crippen LogP contribution in [-0.4, -0.2) is 23.8 Å². The van der Waals surface area contributed by atoms with Crippen molar-refractivity contribution >= 4 is 11.6 Å². The molecule has 0 unspecified atom stereocenters. The van der Waals surface area contributed by atoms with Crippen LogP contribution in [0.1, 0.15) is 5.56 Å². The van der Waals surface area contributed by atoms with E-state index in [1.54, 1.807) is 30.9 Å². The number of rotatable bonds is 5. The minimum atomic E-state index is -0.232. The van der Waals surface area contributed by atoms with Gasteiger partial charge in [-0.1, -0.05) is 35.9 Å². The summed E-state index contributed by atoms with van der Waals surface area (Å²) in [4.78, 5) is 17.1. The largest absolute Gasteiger partial charge is 0.497 e. The van der Waals surface area contributed by atoms with Gasteiger partial charge in [0.15, 0.2) is 0 Å². The van der Waals surface area contributed by atoms with Gasteiger partial charge in [0, 0.05) is 11.8 Å². The topological polar surface area (TPSA) is 53.4 Å². The molecule has 0 fully saturated rings. The lowest BCUT2D eigenvalue weighted by molar-refractivity contribution is 0.414. The molecule has 0 radical (unpaired) electrons. The summed E-state index contributed by atoms with van der Waals surface area (Å²) in [5, 5.41) is 0.244. The summed E-state index contributed by atoms with van der Waals surface area (Å²) < 4.78 is 12.0. The Morgan fingerprint density at radius 1 is 1.04 bits per heavy atom. The summed E-state index contributed by atoms with van der Waals surface area (Å²) >= 11 is 6.15. The molecule has 0 aliphatic rings. The summed E-state index contributed by atoms with van der Waals surface area (Å²) in [6.07, 6.45) is 1.53. The third-order valence-corrected chi connectivity index (χ3v) is 4.00. The molecule has 0 bridgehead atoms. The highest BCUT2D eigenvalue weighted by atomic mass is 35.5. The molecule has 3 aromatic rings. The average molecular weight is 357 g/mol. The quantitative estimate of drug-likeness (QED) is 0.700. The molecule has 5 nitrogen and oxygen atoms in total. The van der Waals surface area contributed by atoms with Gasteiger partial charge < -0.3 is 14.0 Å². The van der Waals surface area contributed by atoms with E-state index in [4.69, 9.17) is 21.1 Å². The summed E-state index contributed by atoms with van der Waals surface area (Å²) in [6.45, 7) is 0.382. The fourth-order valence-electron chi connectivity index (χ4n) is 2.57. The van der Waals surface area contributed by atoms with Crippen molar-refractivity contribution in [3.8, 4) is 22.8 Å². The van der Waals surface area contributed by atoms with E-state index in [0.717, 1.165) is 11.3 Å². The maximum absolute atomic E-state index is 12.9. The van der Waals surface area contributed by atoms with Crippen molar-refractivity contribution in [1.82, 2.24) is 9.55 Å². The zero-order valence-electron chi connectivity index (χ0n) is 13.9. The number of hydrogen-bond donors (Lipinski definition) is 0. The molecule has 0 atom stereocenters. The van der Waals surface area contributed by atoms with Gasteiger partial charge in [0.05, 0.1) is 20.8 Å². The first-order valence-corrected chi connectivity index (χ1v) is 8.03. The molecule has 6 heteroatoms. The van der Waals surface area contributed by atoms with Crippen molar-refractivity contribution in [2.24, 2.45) is 0 Å². The van der Waals surface area contributed by atoms with Gasteiger partial charge in [0.1, 0.15) is 22.3 Å². The number of ether oxygens (including phenoxy) is 2. The third-order valence-electron chi connectivity index (χ3n) is 3.82. The maximum atomic E-state index is 12.9. The van der Waals surface area contributed by atoms with Crippen LogP contribution in [0.2, 0.25) is 5.15 Å². The van der Waals surface area contributed by atoms with Gasteiger partial charge in [-0.2, -0.15) is 0 Å². The zero-order chi connectivity index (χ0) is 17.8. The van der Waals surface area contributed by atoms with Gasteiger partial charge in [0.2, 0.25) is 0 Å². The van der Waals surface area contributed by atoms with Gasteiger partial charge in [-0.05, 0) is 29.8 Å². The monoisotopic (exact) mass is 356 g/mol. The molecule has 1 heterocycles. The van der Waals surface area contributed by atoms with E-state index in [0.29, 0.717) is 17.9 Å². The summed E-state index contributed by atoms with van der Waals surface area (Å²) in [5.74, 6) is 1.34. The lowest BCUT2D eigenvalue weighted by Crippen LogP contribution is -2.23. The van der Waals surface area contributed by atoms with Gasteiger partial charge in [-0.15, -0.1) is 0 Å². The molecule has 2 aromatic carbocycles. The summed E-state index contributed by atoms with van der Waals surface area (Å²) in [6, 6.07) is 14.7. The number of methoxy groups -OCH3 is 2. The Hall–Kier alpha value is -2.79. The first-order valence-electron chi connectivity index (χ1n) is 7.65. The number of para-hydroxylation sites is 1. The predicted molar refractivity (Wildman–Crippen MR) is 97.6 cm³/mol. The molecule has 3 rings (SSSR count). The lowest BCUT2D eigenvalue weighted by Gasteiger charge is -2.11. The first-order chi connectivity index (χ1) is 12.1. The fraction of sp³-hybridized carbons (Fsp3) is 0.158. The molecular formula is C19H17ClN2O3. The molecular weight excluding hydrogens is 340 g/mol. The van der Waals surface area contributed by atoms with Crippen molar-refractivity contribution < 1.29 is 9.47 Å². The smallest absolute Gasteiger partial charge is 0.277 e. The molecule has 25 heavy (non-hydrogen) atoms. The lowest BCUT2D eigenvalue weighted by atomic mass is 10.1. The molecule has 0 saturated heterocycles. The molecule has 128 valence electrons. The highest BCUT2D eigenvalue weighted by Gasteiger charge is 2.14. The fourth-order valence-corrected chi connectivity index (χ4v) is 2.77. The van der Waals surface area contributed by atoms with E-state index in [9.17, 15) is 4.79 Å². The average Bonchev–Trinajstić information content (AvgIpc) is 2.65. The minimum absolute atomic E-state index is 0.232. The van der Waals surface area contributed by atoms with E-state index in [-0.39, 0.29) is 16.4 Å². The van der Waals surface area contributed by atoms with Crippen LogP contribution in [0.4, 0.5) is 0 Å². The highest BCUT2D eigenvalue weighted by molar-refractivity contribution is 6.29. The Morgan fingerprint density at radius 2 is 1.76 bits per heavy atom. The molecule has 0 N–H and O–H groups in total. The van der Waals surface area contributed by atoms with Crippen LogP contribution in [-0.2, 0) is 6.54 Å². The standard InChI is InChI=1S/C19H17ClN2O3/c1-24-14-9-7-13(8-10-14)11-22-12-17(20)21-18(19(22)23)15-5-3-4-6-16(15)25-2/h3-10,12H,11H2,1-2H3. The molecule has 0 aliphatic carbocycles. The molecule has 1 aromatic heterocycles. The number of aromatic nitrogens is 2. The second-order valence-corrected chi connectivity index (χ2v) is 5.78. The normalized spacial score (nSPS) is 10.5. The predicted octanol–water partition coefficient (Wildman–Crippen LogP) is 3.63. The van der Waals surface area contributed by atoms with Gasteiger partial charge in [-0.25, -0.2) is 4.98 Å². The minimum Gasteiger partial charge on any atom is -0.497 e. The SMILES string of the molecule is COc1ccc(Cn2cc(Cl)nc(-c3ccccc3OC)c2=O)cc1. The number of benzene rings is 2. The van der Waals surface area contributed by atoms with Crippen molar-refractivity contribution in [3.05, 3.63) is 75.8 Å². The van der Waals surface area contributed by atoms with Crippen molar-refractivity contribution in [2.75, 3.05) is 14.2 Å². The van der Waals surface area contributed by atoms with Crippen LogP contribution in [0.15, 0.2) is 59.5 Å². The number of nitrogens with zero attached hydrogens (tertiary/aromatic N) is 2. The Bertz CT molecular complexity index is 936. The molecule has 0 saturated carbocycles. The maximum Gasteiger partial charge on any atom is 0.277 e.